The summed E-state index contributed by atoms with van der Waals surface area (Å²) in [7, 11) is 0. The summed E-state index contributed by atoms with van der Waals surface area (Å²) < 4.78 is 0. The number of rotatable bonds is 11. The van der Waals surface area contributed by atoms with E-state index in [4.69, 9.17) is 0 Å². The van der Waals surface area contributed by atoms with Crippen LogP contribution in [0.2, 0.25) is 0 Å². The molecule has 0 aromatic heterocycles. The van der Waals surface area contributed by atoms with Gasteiger partial charge in [0.25, 0.3) is 0 Å². The Morgan fingerprint density at radius 3 is 2.13 bits per heavy atom. The van der Waals surface area contributed by atoms with Crippen LogP contribution in [0, 0.1) is 0 Å². The van der Waals surface area contributed by atoms with Crippen LogP contribution >= 0.6 is 0 Å². The number of carbonyl (C=O) groups is 2. The molecule has 4 nitrogen and oxygen atoms in total. The van der Waals surface area contributed by atoms with Gasteiger partial charge < -0.3 is 10.2 Å². The van der Waals surface area contributed by atoms with Crippen molar-refractivity contribution in [2.24, 2.45) is 0 Å². The van der Waals surface area contributed by atoms with Crippen LogP contribution in [0.5, 0.6) is 0 Å². The zero-order valence-electron chi connectivity index (χ0n) is 18.9. The minimum Gasteiger partial charge on any atom is -0.354 e. The van der Waals surface area contributed by atoms with Crippen LogP contribution in [0.1, 0.15) is 63.1 Å². The molecule has 0 spiro atoms. The topological polar surface area (TPSA) is 49.4 Å². The number of hydrogen-bond donors (Lipinski definition) is 1. The second kappa shape index (κ2) is 12.2. The van der Waals surface area contributed by atoms with E-state index in [1.54, 1.807) is 4.90 Å². The average molecular weight is 409 g/mol. The van der Waals surface area contributed by atoms with Gasteiger partial charge in [-0.05, 0) is 48.8 Å². The minimum absolute atomic E-state index is 0.0259. The van der Waals surface area contributed by atoms with E-state index < -0.39 is 6.04 Å². The first-order valence-electron chi connectivity index (χ1n) is 11.1. The molecule has 0 unspecified atom stereocenters. The van der Waals surface area contributed by atoms with E-state index in [-0.39, 0.29) is 11.8 Å². The first kappa shape index (κ1) is 23.7. The van der Waals surface area contributed by atoms with E-state index in [0.717, 1.165) is 18.4 Å². The third-order valence-electron chi connectivity index (χ3n) is 5.47. The summed E-state index contributed by atoms with van der Waals surface area (Å²) in [5, 5.41) is 2.92. The number of nitrogens with zero attached hydrogens (tertiary/aromatic N) is 1. The van der Waals surface area contributed by atoms with Crippen molar-refractivity contribution in [3.8, 4) is 0 Å². The molecule has 2 amide bonds. The van der Waals surface area contributed by atoms with Crippen LogP contribution in [0.15, 0.2) is 54.6 Å². The molecule has 0 bridgehead atoms. The summed E-state index contributed by atoms with van der Waals surface area (Å²) in [6.07, 6.45) is 2.70. The third kappa shape index (κ3) is 7.33. The Hall–Kier alpha value is -2.62. The summed E-state index contributed by atoms with van der Waals surface area (Å²) in [6.45, 7) is 9.36. The monoisotopic (exact) mass is 408 g/mol. The molecule has 1 N–H and O–H groups in total. The number of carbonyl (C=O) groups excluding carboxylic acids is 2. The van der Waals surface area contributed by atoms with E-state index in [9.17, 15) is 9.59 Å². The Bertz CT molecular complexity index is 784. The maximum Gasteiger partial charge on any atom is 0.242 e. The van der Waals surface area contributed by atoms with Crippen molar-refractivity contribution in [3.05, 3.63) is 71.3 Å². The van der Waals surface area contributed by atoms with Gasteiger partial charge in [-0.25, -0.2) is 0 Å². The molecule has 30 heavy (non-hydrogen) atoms. The van der Waals surface area contributed by atoms with Crippen LogP contribution in [0.3, 0.4) is 0 Å². The van der Waals surface area contributed by atoms with E-state index in [1.807, 2.05) is 32.0 Å². The van der Waals surface area contributed by atoms with E-state index in [1.165, 1.54) is 11.1 Å². The van der Waals surface area contributed by atoms with Crippen molar-refractivity contribution in [1.29, 1.82) is 0 Å². The second-order valence-corrected chi connectivity index (χ2v) is 8.19. The van der Waals surface area contributed by atoms with Gasteiger partial charge in [0.05, 0.1) is 0 Å². The highest BCUT2D eigenvalue weighted by molar-refractivity contribution is 5.87. The fourth-order valence-electron chi connectivity index (χ4n) is 3.43. The van der Waals surface area contributed by atoms with Crippen LogP contribution in [-0.4, -0.2) is 35.8 Å². The lowest BCUT2D eigenvalue weighted by Crippen LogP contribution is -2.49. The maximum atomic E-state index is 13.1. The van der Waals surface area contributed by atoms with E-state index >= 15 is 0 Å². The highest BCUT2D eigenvalue weighted by atomic mass is 16.2. The molecule has 0 aliphatic heterocycles. The molecule has 162 valence electrons. The normalized spacial score (nSPS) is 11.9. The summed E-state index contributed by atoms with van der Waals surface area (Å²) in [4.78, 5) is 27.3. The highest BCUT2D eigenvalue weighted by Crippen LogP contribution is 2.16. The first-order valence-corrected chi connectivity index (χ1v) is 11.1. The third-order valence-corrected chi connectivity index (χ3v) is 5.47. The molecule has 2 rings (SSSR count). The Labute approximate surface area is 181 Å². The smallest absolute Gasteiger partial charge is 0.242 e. The van der Waals surface area contributed by atoms with Crippen LogP contribution in [0.4, 0.5) is 0 Å². The SMILES string of the molecule is CCCNC(=O)[C@@H](C)N(CCc1ccccc1)C(=O)CCc1ccc(C(C)C)cc1. The molecule has 0 aliphatic carbocycles. The van der Waals surface area contributed by atoms with Crippen molar-refractivity contribution in [3.63, 3.8) is 0 Å². The molecule has 2 aromatic carbocycles. The quantitative estimate of drug-likeness (QED) is 0.584. The Kier molecular flexibility index (Phi) is 9.59. The van der Waals surface area contributed by atoms with Crippen molar-refractivity contribution in [2.75, 3.05) is 13.1 Å². The number of aryl methyl sites for hydroxylation is 1. The molecule has 2 aromatic rings. The number of amides is 2. The van der Waals surface area contributed by atoms with Gasteiger partial charge in [0, 0.05) is 19.5 Å². The lowest BCUT2D eigenvalue weighted by Gasteiger charge is -2.29. The molecule has 0 saturated carbocycles. The number of hydrogen-bond acceptors (Lipinski definition) is 2. The van der Waals surface area contributed by atoms with Gasteiger partial charge >= 0.3 is 0 Å². The zero-order valence-corrected chi connectivity index (χ0v) is 18.9. The average Bonchev–Trinajstić information content (AvgIpc) is 2.76. The fraction of sp³-hybridized carbons (Fsp3) is 0.462. The maximum absolute atomic E-state index is 13.1. The molecule has 0 saturated heterocycles. The molecule has 0 aliphatic rings. The predicted octanol–water partition coefficient (Wildman–Crippen LogP) is 4.73. The van der Waals surface area contributed by atoms with Crippen molar-refractivity contribution < 1.29 is 9.59 Å². The number of nitrogens with one attached hydrogen (secondary N) is 1. The van der Waals surface area contributed by atoms with Gasteiger partial charge in [0.2, 0.25) is 11.8 Å². The molecule has 1 atom stereocenters. The lowest BCUT2D eigenvalue weighted by atomic mass is 10.00. The second-order valence-electron chi connectivity index (χ2n) is 8.19. The van der Waals surface area contributed by atoms with Gasteiger partial charge in [-0.2, -0.15) is 0 Å². The van der Waals surface area contributed by atoms with E-state index in [0.29, 0.717) is 31.8 Å². The molecule has 4 heteroatoms. The standard InChI is InChI=1S/C26H36N2O2/c1-5-18-27-26(30)21(4)28(19-17-22-9-7-6-8-10-22)25(29)16-13-23-11-14-24(15-12-23)20(2)3/h6-12,14-15,20-21H,5,13,16-19H2,1-4H3,(H,27,30)/t21-/m1/s1. The van der Waals surface area contributed by atoms with Crippen LogP contribution < -0.4 is 5.32 Å². The van der Waals surface area contributed by atoms with Gasteiger partial charge in [-0.1, -0.05) is 75.4 Å². The highest BCUT2D eigenvalue weighted by Gasteiger charge is 2.25. The van der Waals surface area contributed by atoms with Gasteiger partial charge in [0.1, 0.15) is 6.04 Å². The summed E-state index contributed by atoms with van der Waals surface area (Å²) in [6, 6.07) is 18.1. The van der Waals surface area contributed by atoms with Crippen LogP contribution in [0.25, 0.3) is 0 Å². The lowest BCUT2D eigenvalue weighted by molar-refractivity contribution is -0.139. The van der Waals surface area contributed by atoms with Crippen molar-refractivity contribution >= 4 is 11.8 Å². The molecule has 0 fully saturated rings. The van der Waals surface area contributed by atoms with Gasteiger partial charge in [-0.15, -0.1) is 0 Å². The Morgan fingerprint density at radius 1 is 0.900 bits per heavy atom. The van der Waals surface area contributed by atoms with E-state index in [2.05, 4.69) is 55.6 Å². The largest absolute Gasteiger partial charge is 0.354 e. The summed E-state index contributed by atoms with van der Waals surface area (Å²) >= 11 is 0. The van der Waals surface area contributed by atoms with Gasteiger partial charge in [0.15, 0.2) is 0 Å². The number of benzene rings is 2. The van der Waals surface area contributed by atoms with Crippen molar-refractivity contribution in [1.82, 2.24) is 10.2 Å². The minimum atomic E-state index is -0.476. The predicted molar refractivity (Wildman–Crippen MR) is 123 cm³/mol. The van der Waals surface area contributed by atoms with Crippen LogP contribution in [-0.2, 0) is 22.4 Å². The zero-order chi connectivity index (χ0) is 21.9. The Balaban J connectivity index is 2.03. The molecule has 0 radical (unpaired) electrons. The first-order chi connectivity index (χ1) is 14.4. The fourth-order valence-corrected chi connectivity index (χ4v) is 3.43. The Morgan fingerprint density at radius 2 is 1.53 bits per heavy atom. The summed E-state index contributed by atoms with van der Waals surface area (Å²) in [5.41, 5.74) is 3.62. The summed E-state index contributed by atoms with van der Waals surface area (Å²) in [5.74, 6) is 0.439. The van der Waals surface area contributed by atoms with Crippen molar-refractivity contribution in [2.45, 2.75) is 65.3 Å². The molecule has 0 heterocycles. The molecular formula is C26H36N2O2. The van der Waals surface area contributed by atoms with Gasteiger partial charge in [-0.3, -0.25) is 9.59 Å². The molecular weight excluding hydrogens is 372 g/mol.